The second-order valence-corrected chi connectivity index (χ2v) is 6.94. The number of rotatable bonds is 4. The molecule has 1 aliphatic heterocycles. The van der Waals surface area contributed by atoms with Crippen LogP contribution < -0.4 is 10.6 Å². The largest absolute Gasteiger partial charge is 0.368 e. The van der Waals surface area contributed by atoms with Crippen molar-refractivity contribution in [3.8, 4) is 11.1 Å². The number of piperazine rings is 1. The fourth-order valence-corrected chi connectivity index (χ4v) is 3.44. The van der Waals surface area contributed by atoms with Gasteiger partial charge in [-0.15, -0.1) is 0 Å². The van der Waals surface area contributed by atoms with Gasteiger partial charge in [-0.1, -0.05) is 30.3 Å². The van der Waals surface area contributed by atoms with Crippen molar-refractivity contribution in [3.05, 3.63) is 66.1 Å². The van der Waals surface area contributed by atoms with E-state index in [0.29, 0.717) is 5.95 Å². The monoisotopic (exact) mass is 360 g/mol. The molecule has 6 nitrogen and oxygen atoms in total. The van der Waals surface area contributed by atoms with Gasteiger partial charge in [0, 0.05) is 56.9 Å². The molecule has 1 aliphatic rings. The van der Waals surface area contributed by atoms with Gasteiger partial charge in [0.05, 0.1) is 0 Å². The van der Waals surface area contributed by atoms with E-state index in [2.05, 4.69) is 68.1 Å². The number of aryl methyl sites for hydroxylation is 1. The minimum Gasteiger partial charge on any atom is -0.368 e. The van der Waals surface area contributed by atoms with Gasteiger partial charge < -0.3 is 10.6 Å². The second-order valence-electron chi connectivity index (χ2n) is 6.94. The van der Waals surface area contributed by atoms with Crippen LogP contribution in [0.5, 0.6) is 0 Å². The lowest BCUT2D eigenvalue weighted by atomic mass is 10.0. The summed E-state index contributed by atoms with van der Waals surface area (Å²) in [6.07, 6.45) is 5.52. The Morgan fingerprint density at radius 3 is 2.33 bits per heavy atom. The normalized spacial score (nSPS) is 15.1. The van der Waals surface area contributed by atoms with E-state index < -0.39 is 0 Å². The molecule has 4 rings (SSSR count). The zero-order valence-electron chi connectivity index (χ0n) is 15.5. The molecule has 0 unspecified atom stereocenters. The van der Waals surface area contributed by atoms with E-state index in [1.54, 1.807) is 12.4 Å². The lowest BCUT2D eigenvalue weighted by Crippen LogP contribution is -2.46. The molecule has 0 amide bonds. The minimum absolute atomic E-state index is 0.303. The van der Waals surface area contributed by atoms with E-state index in [-0.39, 0.29) is 0 Å². The molecular formula is C21H24N6. The summed E-state index contributed by atoms with van der Waals surface area (Å²) >= 11 is 0. The van der Waals surface area contributed by atoms with Crippen LogP contribution in [0.25, 0.3) is 11.1 Å². The first-order valence-electron chi connectivity index (χ1n) is 9.25. The Morgan fingerprint density at radius 1 is 0.889 bits per heavy atom. The Balaban J connectivity index is 1.43. The molecule has 2 N–H and O–H groups in total. The summed E-state index contributed by atoms with van der Waals surface area (Å²) in [7, 11) is 0. The number of nitrogens with two attached hydrogens (primary N) is 1. The lowest BCUT2D eigenvalue weighted by Gasteiger charge is -2.35. The molecule has 138 valence electrons. The van der Waals surface area contributed by atoms with Gasteiger partial charge >= 0.3 is 0 Å². The first-order valence-corrected chi connectivity index (χ1v) is 9.25. The third-order valence-corrected chi connectivity index (χ3v) is 4.99. The maximum Gasteiger partial charge on any atom is 0.219 e. The SMILES string of the molecule is Cc1ccc(N2CCN(Cc3ccccc3-c3cnc(N)nc3)CC2)nc1. The Hall–Kier alpha value is -2.99. The van der Waals surface area contributed by atoms with Crippen LogP contribution in [-0.2, 0) is 6.54 Å². The minimum atomic E-state index is 0.303. The fourth-order valence-electron chi connectivity index (χ4n) is 3.44. The van der Waals surface area contributed by atoms with E-state index in [0.717, 1.165) is 44.1 Å². The molecule has 1 fully saturated rings. The molecule has 3 aromatic rings. The van der Waals surface area contributed by atoms with Gasteiger partial charge in [0.25, 0.3) is 0 Å². The van der Waals surface area contributed by atoms with E-state index >= 15 is 0 Å². The van der Waals surface area contributed by atoms with E-state index in [1.165, 1.54) is 16.7 Å². The van der Waals surface area contributed by atoms with E-state index in [9.17, 15) is 0 Å². The van der Waals surface area contributed by atoms with Crippen LogP contribution in [0.3, 0.4) is 0 Å². The number of benzene rings is 1. The maximum absolute atomic E-state index is 5.62. The highest BCUT2D eigenvalue weighted by Gasteiger charge is 2.19. The van der Waals surface area contributed by atoms with Gasteiger partial charge in [0.1, 0.15) is 5.82 Å². The van der Waals surface area contributed by atoms with Crippen LogP contribution in [0.15, 0.2) is 55.0 Å². The Labute approximate surface area is 159 Å². The topological polar surface area (TPSA) is 71.2 Å². The molecular weight excluding hydrogens is 336 g/mol. The van der Waals surface area contributed by atoms with Crippen molar-refractivity contribution in [1.82, 2.24) is 19.9 Å². The predicted octanol–water partition coefficient (Wildman–Crippen LogP) is 2.75. The number of aromatic nitrogens is 3. The van der Waals surface area contributed by atoms with Crippen LogP contribution >= 0.6 is 0 Å². The van der Waals surface area contributed by atoms with Gasteiger partial charge in [-0.05, 0) is 29.7 Å². The zero-order valence-corrected chi connectivity index (χ0v) is 15.5. The molecule has 27 heavy (non-hydrogen) atoms. The molecule has 0 bridgehead atoms. The van der Waals surface area contributed by atoms with Crippen molar-refractivity contribution < 1.29 is 0 Å². The molecule has 1 aromatic carbocycles. The Bertz CT molecular complexity index is 883. The van der Waals surface area contributed by atoms with Crippen LogP contribution in [0.1, 0.15) is 11.1 Å². The highest BCUT2D eigenvalue weighted by Crippen LogP contribution is 2.24. The maximum atomic E-state index is 5.62. The van der Waals surface area contributed by atoms with Gasteiger partial charge in [-0.3, -0.25) is 4.90 Å². The molecule has 0 atom stereocenters. The fraction of sp³-hybridized carbons (Fsp3) is 0.286. The van der Waals surface area contributed by atoms with E-state index in [4.69, 9.17) is 5.73 Å². The average Bonchev–Trinajstić information content (AvgIpc) is 2.70. The average molecular weight is 360 g/mol. The molecule has 6 heteroatoms. The molecule has 0 aliphatic carbocycles. The number of anilines is 2. The number of pyridine rings is 1. The summed E-state index contributed by atoms with van der Waals surface area (Å²) in [4.78, 5) is 17.7. The Morgan fingerprint density at radius 2 is 1.63 bits per heavy atom. The first-order chi connectivity index (χ1) is 13.2. The van der Waals surface area contributed by atoms with Crippen LogP contribution in [-0.4, -0.2) is 46.0 Å². The summed E-state index contributed by atoms with van der Waals surface area (Å²) in [5, 5.41) is 0. The first kappa shape index (κ1) is 17.4. The summed E-state index contributed by atoms with van der Waals surface area (Å²) in [5.41, 5.74) is 10.3. The van der Waals surface area contributed by atoms with Crippen molar-refractivity contribution in [2.45, 2.75) is 13.5 Å². The van der Waals surface area contributed by atoms with Crippen molar-refractivity contribution >= 4 is 11.8 Å². The third-order valence-electron chi connectivity index (χ3n) is 4.99. The molecule has 0 saturated carbocycles. The van der Waals surface area contributed by atoms with Crippen molar-refractivity contribution in [3.63, 3.8) is 0 Å². The van der Waals surface area contributed by atoms with Gasteiger partial charge in [0.2, 0.25) is 5.95 Å². The number of hydrogen-bond acceptors (Lipinski definition) is 6. The van der Waals surface area contributed by atoms with Gasteiger partial charge in [-0.25, -0.2) is 15.0 Å². The number of nitrogens with zero attached hydrogens (tertiary/aromatic N) is 5. The standard InChI is InChI=1S/C21H24N6/c1-16-6-7-20(23-12-16)27-10-8-26(9-11-27)15-17-4-2-3-5-19(17)18-13-24-21(22)25-14-18/h2-7,12-14H,8-11,15H2,1H3,(H2,22,24,25). The van der Waals surface area contributed by atoms with Crippen molar-refractivity contribution in [1.29, 1.82) is 0 Å². The van der Waals surface area contributed by atoms with Crippen LogP contribution in [0.2, 0.25) is 0 Å². The third kappa shape index (κ3) is 4.06. The summed E-state index contributed by atoms with van der Waals surface area (Å²) in [6.45, 7) is 6.99. The van der Waals surface area contributed by atoms with Gasteiger partial charge in [0.15, 0.2) is 0 Å². The smallest absolute Gasteiger partial charge is 0.219 e. The highest BCUT2D eigenvalue weighted by atomic mass is 15.3. The van der Waals surface area contributed by atoms with Gasteiger partial charge in [-0.2, -0.15) is 0 Å². The molecule has 2 aromatic heterocycles. The number of nitrogen functional groups attached to an aromatic ring is 1. The summed E-state index contributed by atoms with van der Waals surface area (Å²) in [6, 6.07) is 12.7. The molecule has 1 saturated heterocycles. The predicted molar refractivity (Wildman–Crippen MR) is 108 cm³/mol. The van der Waals surface area contributed by atoms with E-state index in [1.807, 2.05) is 6.20 Å². The Kier molecular flexibility index (Phi) is 4.98. The zero-order chi connectivity index (χ0) is 18.6. The second kappa shape index (κ2) is 7.72. The summed E-state index contributed by atoms with van der Waals surface area (Å²) in [5.74, 6) is 1.37. The quantitative estimate of drug-likeness (QED) is 0.771. The molecule has 0 spiro atoms. The van der Waals surface area contributed by atoms with Crippen molar-refractivity contribution in [2.75, 3.05) is 36.8 Å². The molecule has 0 radical (unpaired) electrons. The van der Waals surface area contributed by atoms with Crippen LogP contribution in [0.4, 0.5) is 11.8 Å². The van der Waals surface area contributed by atoms with Crippen LogP contribution in [0, 0.1) is 6.92 Å². The lowest BCUT2D eigenvalue weighted by molar-refractivity contribution is 0.249. The number of hydrogen-bond donors (Lipinski definition) is 1. The highest BCUT2D eigenvalue weighted by molar-refractivity contribution is 5.66. The van der Waals surface area contributed by atoms with Crippen molar-refractivity contribution in [2.24, 2.45) is 0 Å². The summed E-state index contributed by atoms with van der Waals surface area (Å²) < 4.78 is 0. The molecule has 3 heterocycles.